The standard InChI is InChI=1S/C11H23NO3S/c1-2-3-8-16(14,15)12-11-7-5-4-6-10(11)9-13/h10-13H,2-9H2,1H3. The molecule has 2 atom stereocenters. The summed E-state index contributed by atoms with van der Waals surface area (Å²) in [6, 6.07) is -0.0550. The Balaban J connectivity index is 2.50. The Morgan fingerprint density at radius 3 is 2.62 bits per heavy atom. The van der Waals surface area contributed by atoms with Crippen LogP contribution in [0.4, 0.5) is 0 Å². The molecule has 1 aliphatic carbocycles. The number of hydrogen-bond donors (Lipinski definition) is 2. The summed E-state index contributed by atoms with van der Waals surface area (Å²) in [7, 11) is -3.15. The second-order valence-corrected chi connectivity index (χ2v) is 6.50. The van der Waals surface area contributed by atoms with Gasteiger partial charge >= 0.3 is 0 Å². The summed E-state index contributed by atoms with van der Waals surface area (Å²) in [6.45, 7) is 2.06. The van der Waals surface area contributed by atoms with E-state index in [1.54, 1.807) is 0 Å². The van der Waals surface area contributed by atoms with Crippen molar-refractivity contribution >= 4 is 10.0 Å². The van der Waals surface area contributed by atoms with Crippen LogP contribution in [0.25, 0.3) is 0 Å². The first-order valence-corrected chi connectivity index (χ1v) is 7.85. The van der Waals surface area contributed by atoms with E-state index in [1.165, 1.54) is 0 Å². The molecule has 4 nitrogen and oxygen atoms in total. The van der Waals surface area contributed by atoms with Crippen molar-refractivity contribution in [2.75, 3.05) is 12.4 Å². The number of sulfonamides is 1. The van der Waals surface area contributed by atoms with E-state index in [0.29, 0.717) is 6.42 Å². The summed E-state index contributed by atoms with van der Waals surface area (Å²) in [4.78, 5) is 0. The van der Waals surface area contributed by atoms with Crippen LogP contribution in [0.3, 0.4) is 0 Å². The fraction of sp³-hybridized carbons (Fsp3) is 1.00. The molecule has 16 heavy (non-hydrogen) atoms. The molecule has 0 aromatic rings. The van der Waals surface area contributed by atoms with Gasteiger partial charge in [0.1, 0.15) is 0 Å². The van der Waals surface area contributed by atoms with Crippen LogP contribution in [-0.2, 0) is 10.0 Å². The zero-order valence-corrected chi connectivity index (χ0v) is 10.8. The Labute approximate surface area is 98.5 Å². The third kappa shape index (κ3) is 4.39. The number of aliphatic hydroxyl groups excluding tert-OH is 1. The Bertz CT molecular complexity index is 290. The van der Waals surface area contributed by atoms with E-state index in [4.69, 9.17) is 0 Å². The van der Waals surface area contributed by atoms with E-state index >= 15 is 0 Å². The molecule has 1 rings (SSSR count). The first kappa shape index (κ1) is 13.9. The monoisotopic (exact) mass is 249 g/mol. The van der Waals surface area contributed by atoms with E-state index in [2.05, 4.69) is 4.72 Å². The van der Waals surface area contributed by atoms with Crippen LogP contribution in [0, 0.1) is 5.92 Å². The van der Waals surface area contributed by atoms with Gasteiger partial charge in [-0.3, -0.25) is 0 Å². The highest BCUT2D eigenvalue weighted by Crippen LogP contribution is 2.24. The molecule has 1 aliphatic rings. The lowest BCUT2D eigenvalue weighted by molar-refractivity contribution is 0.164. The predicted octanol–water partition coefficient (Wildman–Crippen LogP) is 1.26. The van der Waals surface area contributed by atoms with Gasteiger partial charge in [-0.05, 0) is 25.2 Å². The van der Waals surface area contributed by atoms with Crippen molar-refractivity contribution in [1.29, 1.82) is 0 Å². The van der Waals surface area contributed by atoms with Gasteiger partial charge in [0.15, 0.2) is 0 Å². The second-order valence-electron chi connectivity index (χ2n) is 4.62. The van der Waals surface area contributed by atoms with Crippen LogP contribution in [0.15, 0.2) is 0 Å². The number of rotatable bonds is 6. The lowest BCUT2D eigenvalue weighted by Crippen LogP contribution is -2.44. The molecule has 2 unspecified atom stereocenters. The highest BCUT2D eigenvalue weighted by molar-refractivity contribution is 7.89. The van der Waals surface area contributed by atoms with Crippen LogP contribution in [0.5, 0.6) is 0 Å². The molecular weight excluding hydrogens is 226 g/mol. The van der Waals surface area contributed by atoms with Crippen LogP contribution in [0.2, 0.25) is 0 Å². The van der Waals surface area contributed by atoms with E-state index in [9.17, 15) is 13.5 Å². The second kappa shape index (κ2) is 6.57. The first-order valence-electron chi connectivity index (χ1n) is 6.20. The van der Waals surface area contributed by atoms with E-state index in [1.807, 2.05) is 6.92 Å². The molecule has 0 bridgehead atoms. The van der Waals surface area contributed by atoms with E-state index < -0.39 is 10.0 Å². The van der Waals surface area contributed by atoms with Crippen molar-refractivity contribution in [2.24, 2.45) is 5.92 Å². The molecule has 1 saturated carbocycles. The van der Waals surface area contributed by atoms with Crippen molar-refractivity contribution in [3.63, 3.8) is 0 Å². The highest BCUT2D eigenvalue weighted by atomic mass is 32.2. The van der Waals surface area contributed by atoms with E-state index in [-0.39, 0.29) is 24.3 Å². The lowest BCUT2D eigenvalue weighted by atomic mass is 9.86. The van der Waals surface area contributed by atoms with Crippen molar-refractivity contribution in [3.05, 3.63) is 0 Å². The molecule has 1 fully saturated rings. The molecule has 0 aromatic heterocycles. The Hall–Kier alpha value is -0.130. The fourth-order valence-electron chi connectivity index (χ4n) is 2.21. The lowest BCUT2D eigenvalue weighted by Gasteiger charge is -2.30. The summed E-state index contributed by atoms with van der Waals surface area (Å²) in [5.41, 5.74) is 0. The van der Waals surface area contributed by atoms with Crippen LogP contribution in [-0.4, -0.2) is 31.9 Å². The van der Waals surface area contributed by atoms with Crippen molar-refractivity contribution in [1.82, 2.24) is 4.72 Å². The topological polar surface area (TPSA) is 66.4 Å². The molecule has 0 heterocycles. The van der Waals surface area contributed by atoms with Gasteiger partial charge < -0.3 is 5.11 Å². The zero-order chi connectivity index (χ0) is 12.0. The van der Waals surface area contributed by atoms with Gasteiger partial charge in [-0.2, -0.15) is 0 Å². The summed E-state index contributed by atoms with van der Waals surface area (Å²) in [5.74, 6) is 0.308. The zero-order valence-electron chi connectivity index (χ0n) is 9.98. The number of unbranched alkanes of at least 4 members (excludes halogenated alkanes) is 1. The normalized spacial score (nSPS) is 26.9. The summed E-state index contributed by atoms with van der Waals surface area (Å²) in [6.07, 6.45) is 5.52. The Morgan fingerprint density at radius 2 is 2.00 bits per heavy atom. The van der Waals surface area contributed by atoms with Crippen molar-refractivity contribution < 1.29 is 13.5 Å². The van der Waals surface area contributed by atoms with Crippen LogP contribution >= 0.6 is 0 Å². The minimum atomic E-state index is -3.15. The quantitative estimate of drug-likeness (QED) is 0.744. The van der Waals surface area contributed by atoms with Gasteiger partial charge in [-0.25, -0.2) is 13.1 Å². The largest absolute Gasteiger partial charge is 0.396 e. The van der Waals surface area contributed by atoms with Crippen LogP contribution in [0.1, 0.15) is 45.4 Å². The Kier molecular flexibility index (Phi) is 5.72. The van der Waals surface area contributed by atoms with Crippen molar-refractivity contribution in [2.45, 2.75) is 51.5 Å². The average molecular weight is 249 g/mol. The Morgan fingerprint density at radius 1 is 1.31 bits per heavy atom. The van der Waals surface area contributed by atoms with Gasteiger partial charge in [0.25, 0.3) is 0 Å². The van der Waals surface area contributed by atoms with Gasteiger partial charge in [0, 0.05) is 12.6 Å². The number of aliphatic hydroxyl groups is 1. The van der Waals surface area contributed by atoms with Gasteiger partial charge in [0.2, 0.25) is 10.0 Å². The molecule has 0 aliphatic heterocycles. The van der Waals surface area contributed by atoms with E-state index in [0.717, 1.165) is 32.1 Å². The molecular formula is C11H23NO3S. The number of hydrogen-bond acceptors (Lipinski definition) is 3. The summed E-state index contributed by atoms with van der Waals surface area (Å²) in [5, 5.41) is 9.20. The van der Waals surface area contributed by atoms with Crippen LogP contribution < -0.4 is 4.72 Å². The molecule has 0 radical (unpaired) electrons. The average Bonchev–Trinajstić information content (AvgIpc) is 2.27. The minimum Gasteiger partial charge on any atom is -0.396 e. The summed E-state index contributed by atoms with van der Waals surface area (Å²) >= 11 is 0. The minimum absolute atomic E-state index is 0.0550. The van der Waals surface area contributed by atoms with Gasteiger partial charge in [-0.15, -0.1) is 0 Å². The number of nitrogens with one attached hydrogen (secondary N) is 1. The summed E-state index contributed by atoms with van der Waals surface area (Å²) < 4.78 is 26.2. The third-order valence-electron chi connectivity index (χ3n) is 3.24. The maximum Gasteiger partial charge on any atom is 0.211 e. The van der Waals surface area contributed by atoms with Gasteiger partial charge in [0.05, 0.1) is 5.75 Å². The maximum absolute atomic E-state index is 11.7. The smallest absolute Gasteiger partial charge is 0.211 e. The first-order chi connectivity index (χ1) is 7.59. The molecule has 5 heteroatoms. The molecule has 0 saturated heterocycles. The van der Waals surface area contributed by atoms with Crippen molar-refractivity contribution in [3.8, 4) is 0 Å². The SMILES string of the molecule is CCCCS(=O)(=O)NC1CCCCC1CO. The third-order valence-corrected chi connectivity index (χ3v) is 4.73. The highest BCUT2D eigenvalue weighted by Gasteiger charge is 2.27. The molecule has 0 amide bonds. The molecule has 0 aromatic carbocycles. The fourth-order valence-corrected chi connectivity index (χ4v) is 3.76. The van der Waals surface area contributed by atoms with Gasteiger partial charge in [-0.1, -0.05) is 26.2 Å². The predicted molar refractivity (Wildman–Crippen MR) is 64.7 cm³/mol. The molecule has 2 N–H and O–H groups in total. The molecule has 0 spiro atoms. The maximum atomic E-state index is 11.7. The molecule has 96 valence electrons.